The number of carbonyl (C=O) groups is 4. The van der Waals surface area contributed by atoms with Gasteiger partial charge in [-0.25, -0.2) is 0 Å². The second kappa shape index (κ2) is 15.7. The number of rotatable bonds is 13. The SMILES string of the molecule is Cc1ccc(C(C)C)cc1OC1OC(COC(=O)CC(=O)O)C(O)C(O)C1OC1OC(COC(=O)CC(=O)O)C(O)C(O)C1O. The number of benzene rings is 1. The van der Waals surface area contributed by atoms with Gasteiger partial charge in [0.1, 0.15) is 74.5 Å². The average Bonchev–Trinajstić information content (AvgIpc) is 2.95. The molecule has 0 saturated carbocycles. The number of esters is 2. The number of carboxylic acid groups (broad SMARTS) is 2. The van der Waals surface area contributed by atoms with Crippen molar-refractivity contribution in [2.75, 3.05) is 13.2 Å². The van der Waals surface area contributed by atoms with Gasteiger partial charge in [-0.15, -0.1) is 0 Å². The van der Waals surface area contributed by atoms with Gasteiger partial charge < -0.3 is 64.2 Å². The molecule has 0 amide bonds. The second-order valence-electron chi connectivity index (χ2n) is 10.9. The molecule has 2 aliphatic rings. The Morgan fingerprint density at radius 3 is 1.78 bits per heavy atom. The molecule has 252 valence electrons. The van der Waals surface area contributed by atoms with Crippen molar-refractivity contribution in [2.45, 2.75) is 101 Å². The molecule has 2 heterocycles. The summed E-state index contributed by atoms with van der Waals surface area (Å²) in [5.41, 5.74) is 1.49. The van der Waals surface area contributed by atoms with Crippen LogP contribution in [0, 0.1) is 6.92 Å². The Labute approximate surface area is 256 Å². The average molecular weight is 647 g/mol. The number of carbonyl (C=O) groups excluding carboxylic acids is 2. The van der Waals surface area contributed by atoms with Crippen molar-refractivity contribution in [2.24, 2.45) is 0 Å². The molecule has 0 aliphatic carbocycles. The first-order chi connectivity index (χ1) is 21.1. The lowest BCUT2D eigenvalue weighted by molar-refractivity contribution is -0.358. The number of carboxylic acids is 2. The minimum atomic E-state index is -1.95. The van der Waals surface area contributed by atoms with E-state index in [9.17, 15) is 44.7 Å². The highest BCUT2D eigenvalue weighted by atomic mass is 16.8. The fourth-order valence-corrected chi connectivity index (χ4v) is 4.53. The maximum absolute atomic E-state index is 11.8. The largest absolute Gasteiger partial charge is 0.481 e. The van der Waals surface area contributed by atoms with Crippen LogP contribution in [-0.2, 0) is 42.9 Å². The first kappa shape index (κ1) is 36.1. The van der Waals surface area contributed by atoms with E-state index >= 15 is 0 Å². The summed E-state index contributed by atoms with van der Waals surface area (Å²) >= 11 is 0. The van der Waals surface area contributed by atoms with E-state index < -0.39 is 111 Å². The molecule has 10 atom stereocenters. The summed E-state index contributed by atoms with van der Waals surface area (Å²) in [4.78, 5) is 45.0. The summed E-state index contributed by atoms with van der Waals surface area (Å²) in [6.45, 7) is 4.18. The van der Waals surface area contributed by atoms with E-state index in [1.54, 1.807) is 19.1 Å². The summed E-state index contributed by atoms with van der Waals surface area (Å²) in [6, 6.07) is 5.34. The highest BCUT2D eigenvalue weighted by Gasteiger charge is 2.52. The molecule has 2 aliphatic heterocycles. The van der Waals surface area contributed by atoms with Crippen LogP contribution in [0.2, 0.25) is 0 Å². The highest BCUT2D eigenvalue weighted by Crippen LogP contribution is 2.33. The van der Waals surface area contributed by atoms with Crippen LogP contribution in [0.3, 0.4) is 0 Å². The zero-order valence-corrected chi connectivity index (χ0v) is 24.6. The minimum Gasteiger partial charge on any atom is -0.481 e. The third-order valence-corrected chi connectivity index (χ3v) is 7.13. The summed E-state index contributed by atoms with van der Waals surface area (Å²) in [5, 5.41) is 70.8. The zero-order chi connectivity index (χ0) is 33.6. The van der Waals surface area contributed by atoms with Crippen molar-refractivity contribution in [3.63, 3.8) is 0 Å². The fraction of sp³-hybridized carbons (Fsp3) is 0.643. The summed E-state index contributed by atoms with van der Waals surface area (Å²) in [7, 11) is 0. The van der Waals surface area contributed by atoms with Crippen LogP contribution in [-0.4, -0.2) is 134 Å². The van der Waals surface area contributed by atoms with Crippen molar-refractivity contribution >= 4 is 23.9 Å². The van der Waals surface area contributed by atoms with Crippen LogP contribution in [0.25, 0.3) is 0 Å². The van der Waals surface area contributed by atoms with Crippen LogP contribution in [0.1, 0.15) is 43.7 Å². The van der Waals surface area contributed by atoms with Gasteiger partial charge in [0, 0.05) is 0 Å². The number of ether oxygens (including phenoxy) is 6. The molecule has 17 heteroatoms. The highest BCUT2D eigenvalue weighted by molar-refractivity contribution is 5.90. The summed E-state index contributed by atoms with van der Waals surface area (Å²) in [5.74, 6) is -4.87. The maximum Gasteiger partial charge on any atom is 0.317 e. The number of aliphatic hydroxyl groups excluding tert-OH is 5. The first-order valence-corrected chi connectivity index (χ1v) is 14.0. The van der Waals surface area contributed by atoms with Crippen LogP contribution in [0.5, 0.6) is 5.75 Å². The van der Waals surface area contributed by atoms with Gasteiger partial charge in [-0.05, 0) is 30.0 Å². The van der Waals surface area contributed by atoms with Gasteiger partial charge in [-0.2, -0.15) is 0 Å². The van der Waals surface area contributed by atoms with Gasteiger partial charge in [-0.1, -0.05) is 26.0 Å². The quantitative estimate of drug-likeness (QED) is 0.0918. The minimum absolute atomic E-state index is 0.0845. The van der Waals surface area contributed by atoms with Crippen LogP contribution >= 0.6 is 0 Å². The van der Waals surface area contributed by atoms with Gasteiger partial charge in [0.2, 0.25) is 6.29 Å². The Balaban J connectivity index is 1.86. The Bertz CT molecular complexity index is 1200. The van der Waals surface area contributed by atoms with E-state index in [1.807, 2.05) is 19.9 Å². The van der Waals surface area contributed by atoms with Crippen LogP contribution in [0.4, 0.5) is 0 Å². The predicted octanol–water partition coefficient (Wildman–Crippen LogP) is -1.83. The molecule has 3 rings (SSSR count). The van der Waals surface area contributed by atoms with E-state index in [0.717, 1.165) is 5.56 Å². The lowest BCUT2D eigenvalue weighted by Crippen LogP contribution is -2.65. The summed E-state index contributed by atoms with van der Waals surface area (Å²) in [6.07, 6.45) is -19.4. The Morgan fingerprint density at radius 1 is 0.756 bits per heavy atom. The molecule has 7 N–H and O–H groups in total. The first-order valence-electron chi connectivity index (χ1n) is 14.0. The van der Waals surface area contributed by atoms with Crippen molar-refractivity contribution in [3.05, 3.63) is 29.3 Å². The molecule has 1 aromatic carbocycles. The molecule has 2 fully saturated rings. The lowest BCUT2D eigenvalue weighted by atomic mass is 9.97. The molecule has 0 spiro atoms. The van der Waals surface area contributed by atoms with Crippen LogP contribution < -0.4 is 4.74 Å². The molecule has 2 saturated heterocycles. The van der Waals surface area contributed by atoms with E-state index in [0.29, 0.717) is 5.56 Å². The molecule has 0 aromatic heterocycles. The van der Waals surface area contributed by atoms with Crippen molar-refractivity contribution in [1.82, 2.24) is 0 Å². The van der Waals surface area contributed by atoms with E-state index in [-0.39, 0.29) is 11.7 Å². The lowest BCUT2D eigenvalue weighted by Gasteiger charge is -2.46. The van der Waals surface area contributed by atoms with Gasteiger partial charge in [0.25, 0.3) is 0 Å². The number of aliphatic hydroxyl groups is 5. The monoisotopic (exact) mass is 646 g/mol. The molecular weight excluding hydrogens is 608 g/mol. The molecule has 0 radical (unpaired) electrons. The van der Waals surface area contributed by atoms with Gasteiger partial charge in [0.05, 0.1) is 0 Å². The third-order valence-electron chi connectivity index (χ3n) is 7.13. The molecule has 45 heavy (non-hydrogen) atoms. The van der Waals surface area contributed by atoms with Gasteiger partial charge >= 0.3 is 23.9 Å². The zero-order valence-electron chi connectivity index (χ0n) is 24.6. The van der Waals surface area contributed by atoms with Crippen molar-refractivity contribution in [1.29, 1.82) is 0 Å². The standard InChI is InChI=1S/C28H38O17/c1-11(2)13-5-4-12(3)14(6-13)42-28-26(24(38)22(36)16(44-28)10-41-20(34)8-18(31)32)45-27-25(39)23(37)21(35)15(43-27)9-40-19(33)7-17(29)30/h4-6,11,15-16,21-28,35-39H,7-10H2,1-3H3,(H,29,30)(H,31,32). The third kappa shape index (κ3) is 9.54. The topological polar surface area (TPSA) is 265 Å². The molecule has 1 aromatic rings. The summed E-state index contributed by atoms with van der Waals surface area (Å²) < 4.78 is 32.8. The Kier molecular flexibility index (Phi) is 12.6. The number of aliphatic carboxylic acids is 2. The number of aryl methyl sites for hydroxylation is 1. The van der Waals surface area contributed by atoms with Crippen LogP contribution in [0.15, 0.2) is 18.2 Å². The van der Waals surface area contributed by atoms with E-state index in [4.69, 9.17) is 38.6 Å². The van der Waals surface area contributed by atoms with Crippen molar-refractivity contribution in [3.8, 4) is 5.75 Å². The van der Waals surface area contributed by atoms with Crippen molar-refractivity contribution < 1.29 is 83.3 Å². The molecular formula is C28H38O17. The Morgan fingerprint density at radius 2 is 1.27 bits per heavy atom. The van der Waals surface area contributed by atoms with E-state index in [2.05, 4.69) is 0 Å². The smallest absolute Gasteiger partial charge is 0.317 e. The molecule has 17 nitrogen and oxygen atoms in total. The molecule has 10 unspecified atom stereocenters. The Hall–Kier alpha value is -3.42. The number of hydrogen-bond acceptors (Lipinski definition) is 15. The number of hydrogen-bond donors (Lipinski definition) is 7. The second-order valence-corrected chi connectivity index (χ2v) is 10.9. The van der Waals surface area contributed by atoms with Gasteiger partial charge in [0.15, 0.2) is 12.4 Å². The predicted molar refractivity (Wildman–Crippen MR) is 145 cm³/mol. The normalized spacial score (nSPS) is 31.7. The fourth-order valence-electron chi connectivity index (χ4n) is 4.53. The molecule has 0 bridgehead atoms. The van der Waals surface area contributed by atoms with Gasteiger partial charge in [-0.3, -0.25) is 19.2 Å². The van der Waals surface area contributed by atoms with E-state index in [1.165, 1.54) is 0 Å². The maximum atomic E-state index is 11.8.